The summed E-state index contributed by atoms with van der Waals surface area (Å²) in [6.45, 7) is 3.17. The third-order valence-corrected chi connectivity index (χ3v) is 0.490. The van der Waals surface area contributed by atoms with Crippen LogP contribution in [-0.4, -0.2) is 24.0 Å². The van der Waals surface area contributed by atoms with Crippen LogP contribution in [0.4, 0.5) is 9.59 Å². The fourth-order valence-electron chi connectivity index (χ4n) is 0.228. The van der Waals surface area contributed by atoms with Gasteiger partial charge in [-0.2, -0.15) is 0 Å². The van der Waals surface area contributed by atoms with E-state index in [9.17, 15) is 9.59 Å². The zero-order chi connectivity index (χ0) is 7.98. The molecule has 0 aliphatic rings. The van der Waals surface area contributed by atoms with Crippen molar-refractivity contribution in [3.63, 3.8) is 0 Å². The van der Waals surface area contributed by atoms with Crippen molar-refractivity contribution in [2.45, 2.75) is 0 Å². The Morgan fingerprint density at radius 3 is 2.60 bits per heavy atom. The van der Waals surface area contributed by atoms with Crippen molar-refractivity contribution in [3.05, 3.63) is 12.7 Å². The van der Waals surface area contributed by atoms with E-state index in [1.807, 2.05) is 0 Å². The summed E-state index contributed by atoms with van der Waals surface area (Å²) in [4.78, 5) is 19.8. The molecule has 0 spiro atoms. The van der Waals surface area contributed by atoms with Crippen molar-refractivity contribution in [1.29, 1.82) is 0 Å². The monoisotopic (exact) mass is 146 g/mol. The Kier molecular flexibility index (Phi) is 3.70. The molecule has 0 radical (unpaired) electrons. The molecule has 0 saturated heterocycles. The van der Waals surface area contributed by atoms with Gasteiger partial charge in [0, 0.05) is 0 Å². The molecule has 0 heterocycles. The molecule has 0 saturated carbocycles. The highest BCUT2D eigenvalue weighted by Crippen LogP contribution is 1.85. The van der Waals surface area contributed by atoms with Crippen molar-refractivity contribution in [3.8, 4) is 0 Å². The molecule has 0 amide bonds. The zero-order valence-corrected chi connectivity index (χ0v) is 5.07. The van der Waals surface area contributed by atoms with E-state index in [-0.39, 0.29) is 6.61 Å². The molecule has 0 rings (SSSR count). The van der Waals surface area contributed by atoms with Crippen LogP contribution in [0.1, 0.15) is 0 Å². The average molecular weight is 146 g/mol. The van der Waals surface area contributed by atoms with E-state index in [1.54, 1.807) is 0 Å². The van der Waals surface area contributed by atoms with Crippen LogP contribution in [0, 0.1) is 0 Å². The van der Waals surface area contributed by atoms with Crippen LogP contribution in [0.25, 0.3) is 0 Å². The van der Waals surface area contributed by atoms with Crippen LogP contribution < -0.4 is 0 Å². The van der Waals surface area contributed by atoms with Gasteiger partial charge >= 0.3 is 12.3 Å². The molecule has 0 bridgehead atoms. The first-order chi connectivity index (χ1) is 4.66. The van der Waals surface area contributed by atoms with Gasteiger partial charge in [0.15, 0.2) is 0 Å². The van der Waals surface area contributed by atoms with E-state index in [0.717, 1.165) is 0 Å². The van der Waals surface area contributed by atoms with E-state index in [2.05, 4.69) is 16.1 Å². The normalized spacial score (nSPS) is 8.00. The first-order valence-electron chi connectivity index (χ1n) is 2.35. The van der Waals surface area contributed by atoms with Crippen LogP contribution in [-0.2, 0) is 9.47 Å². The van der Waals surface area contributed by atoms with E-state index in [0.29, 0.717) is 0 Å². The van der Waals surface area contributed by atoms with Gasteiger partial charge in [-0.05, 0) is 0 Å². The van der Waals surface area contributed by atoms with E-state index in [1.165, 1.54) is 6.08 Å². The first-order valence-corrected chi connectivity index (χ1v) is 2.35. The topological polar surface area (TPSA) is 72.8 Å². The Bertz CT molecular complexity index is 150. The molecule has 0 aromatic rings. The van der Waals surface area contributed by atoms with E-state index in [4.69, 9.17) is 5.11 Å². The molecule has 10 heavy (non-hydrogen) atoms. The summed E-state index contributed by atoms with van der Waals surface area (Å²) in [5.74, 6) is 0. The standard InChI is InChI=1S/C5H6O5/c1-2-3-9-5(8)10-4(6)7/h2H,1,3H2,(H,6,7). The largest absolute Gasteiger partial charge is 0.518 e. The zero-order valence-electron chi connectivity index (χ0n) is 5.07. The summed E-state index contributed by atoms with van der Waals surface area (Å²) in [5.41, 5.74) is 0. The third-order valence-electron chi connectivity index (χ3n) is 0.490. The van der Waals surface area contributed by atoms with Gasteiger partial charge in [-0.25, -0.2) is 9.59 Å². The predicted octanol–water partition coefficient (Wildman–Crippen LogP) is 1.00. The van der Waals surface area contributed by atoms with Gasteiger partial charge in [-0.3, -0.25) is 0 Å². The number of hydrogen-bond acceptors (Lipinski definition) is 4. The van der Waals surface area contributed by atoms with Crippen molar-refractivity contribution in [2.75, 3.05) is 6.61 Å². The lowest BCUT2D eigenvalue weighted by molar-refractivity contribution is 0.0607. The maximum Gasteiger partial charge on any atom is 0.518 e. The SMILES string of the molecule is C=CCOC(=O)OC(=O)O. The first kappa shape index (κ1) is 8.48. The molecule has 1 N–H and O–H groups in total. The van der Waals surface area contributed by atoms with Crippen molar-refractivity contribution < 1.29 is 24.2 Å². The average Bonchev–Trinajstić information content (AvgIpc) is 1.82. The fraction of sp³-hybridized carbons (Fsp3) is 0.200. The minimum atomic E-state index is -1.69. The van der Waals surface area contributed by atoms with Crippen LogP contribution in [0.15, 0.2) is 12.7 Å². The van der Waals surface area contributed by atoms with E-state index < -0.39 is 12.3 Å². The second kappa shape index (κ2) is 4.37. The number of rotatable bonds is 2. The minimum absolute atomic E-state index is 0.0634. The minimum Gasteiger partial charge on any atom is -0.449 e. The molecular weight excluding hydrogens is 140 g/mol. The Hall–Kier alpha value is -1.52. The maximum atomic E-state index is 10.1. The van der Waals surface area contributed by atoms with Crippen molar-refractivity contribution in [2.24, 2.45) is 0 Å². The van der Waals surface area contributed by atoms with Crippen molar-refractivity contribution >= 4 is 12.3 Å². The van der Waals surface area contributed by atoms with Gasteiger partial charge < -0.3 is 14.6 Å². The van der Waals surface area contributed by atoms with Gasteiger partial charge in [-0.1, -0.05) is 12.7 Å². The molecule has 56 valence electrons. The lowest BCUT2D eigenvalue weighted by Gasteiger charge is -1.96. The van der Waals surface area contributed by atoms with Gasteiger partial charge in [0.25, 0.3) is 0 Å². The molecule has 0 aliphatic heterocycles. The summed E-state index contributed by atoms with van der Waals surface area (Å²) in [6, 6.07) is 0. The molecule has 0 aromatic heterocycles. The highest BCUT2D eigenvalue weighted by atomic mass is 16.8. The highest BCUT2D eigenvalue weighted by molar-refractivity contribution is 5.75. The van der Waals surface area contributed by atoms with Gasteiger partial charge in [0.2, 0.25) is 0 Å². The van der Waals surface area contributed by atoms with Crippen molar-refractivity contribution in [1.82, 2.24) is 0 Å². The number of hydrogen-bond donors (Lipinski definition) is 1. The third kappa shape index (κ3) is 4.63. The molecule has 5 heteroatoms. The molecule has 0 atom stereocenters. The molecule has 5 nitrogen and oxygen atoms in total. The predicted molar refractivity (Wildman–Crippen MR) is 30.7 cm³/mol. The summed E-state index contributed by atoms with van der Waals surface area (Å²) >= 11 is 0. The number of carboxylic acid groups (broad SMARTS) is 1. The highest BCUT2D eigenvalue weighted by Gasteiger charge is 2.07. The molecule has 0 unspecified atom stereocenters. The van der Waals surface area contributed by atoms with Crippen LogP contribution in [0.5, 0.6) is 0 Å². The maximum absolute atomic E-state index is 10.1. The Morgan fingerprint density at radius 2 is 2.20 bits per heavy atom. The molecule has 0 aromatic carbocycles. The molecule has 0 fully saturated rings. The quantitative estimate of drug-likeness (QED) is 0.357. The summed E-state index contributed by atoms with van der Waals surface area (Å²) < 4.78 is 7.70. The number of ether oxygens (including phenoxy) is 2. The molecular formula is C5H6O5. The van der Waals surface area contributed by atoms with E-state index >= 15 is 0 Å². The Labute approximate surface area is 56.9 Å². The lowest BCUT2D eigenvalue weighted by atomic mass is 10.7. The summed E-state index contributed by atoms with van der Waals surface area (Å²) in [7, 11) is 0. The summed E-state index contributed by atoms with van der Waals surface area (Å²) in [6.07, 6.45) is -1.63. The Morgan fingerprint density at radius 1 is 1.60 bits per heavy atom. The Balaban J connectivity index is 3.43. The smallest absolute Gasteiger partial charge is 0.449 e. The van der Waals surface area contributed by atoms with Crippen LogP contribution in [0.3, 0.4) is 0 Å². The summed E-state index contributed by atoms with van der Waals surface area (Å²) in [5, 5.41) is 7.83. The lowest BCUT2D eigenvalue weighted by Crippen LogP contribution is -2.11. The van der Waals surface area contributed by atoms with Gasteiger partial charge in [0.1, 0.15) is 6.61 Å². The number of carbonyl (C=O) groups is 2. The molecule has 0 aliphatic carbocycles. The fourth-order valence-corrected chi connectivity index (χ4v) is 0.228. The van der Waals surface area contributed by atoms with Gasteiger partial charge in [0.05, 0.1) is 0 Å². The number of carbonyl (C=O) groups excluding carboxylic acids is 1. The van der Waals surface area contributed by atoms with Crippen LogP contribution >= 0.6 is 0 Å². The second-order valence-corrected chi connectivity index (χ2v) is 1.22. The van der Waals surface area contributed by atoms with Crippen LogP contribution in [0.2, 0.25) is 0 Å². The van der Waals surface area contributed by atoms with Gasteiger partial charge in [-0.15, -0.1) is 0 Å². The second-order valence-electron chi connectivity index (χ2n) is 1.22.